The molecule has 28 heavy (non-hydrogen) atoms. The van der Waals surface area contributed by atoms with E-state index in [0.717, 1.165) is 47.1 Å². The number of aromatic nitrogens is 1. The quantitative estimate of drug-likeness (QED) is 0.795. The molecule has 0 radical (unpaired) electrons. The number of likely N-dealkylation sites (N-methyl/N-ethyl adjacent to an activating group) is 2. The minimum Gasteiger partial charge on any atom is -0.326 e. The van der Waals surface area contributed by atoms with Crippen molar-refractivity contribution in [2.24, 2.45) is 0 Å². The van der Waals surface area contributed by atoms with E-state index in [1.807, 2.05) is 25.2 Å². The maximum Gasteiger partial charge on any atom is 0.321 e. The zero-order valence-electron chi connectivity index (χ0n) is 17.7. The van der Waals surface area contributed by atoms with Crippen molar-refractivity contribution in [2.45, 2.75) is 38.6 Å². The maximum atomic E-state index is 12.6. The zero-order chi connectivity index (χ0) is 20.3. The Balaban J connectivity index is 1.51. The summed E-state index contributed by atoms with van der Waals surface area (Å²) in [6, 6.07) is 6.50. The number of nitrogens with one attached hydrogen (secondary N) is 1. The van der Waals surface area contributed by atoms with Gasteiger partial charge >= 0.3 is 6.03 Å². The fourth-order valence-corrected chi connectivity index (χ4v) is 4.52. The van der Waals surface area contributed by atoms with E-state index in [4.69, 9.17) is 0 Å². The molecule has 1 aliphatic rings. The highest BCUT2D eigenvalue weighted by Crippen LogP contribution is 2.29. The molecule has 2 amide bonds. The van der Waals surface area contributed by atoms with Crippen LogP contribution in [-0.4, -0.2) is 79.1 Å². The van der Waals surface area contributed by atoms with Gasteiger partial charge in [0.1, 0.15) is 0 Å². The minimum absolute atomic E-state index is 0.0651. The summed E-state index contributed by atoms with van der Waals surface area (Å²) in [4.78, 5) is 23.8. The summed E-state index contributed by atoms with van der Waals surface area (Å²) in [6.45, 7) is 8.22. The summed E-state index contributed by atoms with van der Waals surface area (Å²) in [5, 5.41) is 4.15. The molecule has 0 spiro atoms. The lowest BCUT2D eigenvalue weighted by atomic mass is 10.0. The fraction of sp³-hybridized carbons (Fsp3) is 0.619. The van der Waals surface area contributed by atoms with Gasteiger partial charge < -0.3 is 20.0 Å². The third-order valence-electron chi connectivity index (χ3n) is 5.60. The number of rotatable bonds is 6. The number of thiazole rings is 1. The van der Waals surface area contributed by atoms with Crippen molar-refractivity contribution in [3.8, 4) is 0 Å². The van der Waals surface area contributed by atoms with Crippen LogP contribution in [0.3, 0.4) is 0 Å². The third kappa shape index (κ3) is 5.21. The van der Waals surface area contributed by atoms with E-state index in [1.165, 1.54) is 12.8 Å². The van der Waals surface area contributed by atoms with Crippen LogP contribution in [0.4, 0.5) is 10.5 Å². The molecule has 1 saturated heterocycles. The summed E-state index contributed by atoms with van der Waals surface area (Å²) >= 11 is 1.70. The molecule has 2 aromatic rings. The molecule has 1 aromatic carbocycles. The lowest BCUT2D eigenvalue weighted by Gasteiger charge is -2.35. The minimum atomic E-state index is -0.0651. The summed E-state index contributed by atoms with van der Waals surface area (Å²) in [5.74, 6) is 0.420. The number of carbonyl (C=O) groups excluding carboxylic acids is 1. The number of benzene rings is 1. The van der Waals surface area contributed by atoms with Crippen molar-refractivity contribution in [2.75, 3.05) is 52.6 Å². The van der Waals surface area contributed by atoms with Gasteiger partial charge in [0.05, 0.1) is 15.2 Å². The van der Waals surface area contributed by atoms with Gasteiger partial charge in [0.25, 0.3) is 0 Å². The highest BCUT2D eigenvalue weighted by molar-refractivity contribution is 7.18. The lowest BCUT2D eigenvalue weighted by molar-refractivity contribution is 0.136. The van der Waals surface area contributed by atoms with Crippen molar-refractivity contribution in [1.29, 1.82) is 0 Å². The summed E-state index contributed by atoms with van der Waals surface area (Å²) < 4.78 is 1.12. The molecular formula is C21H33N5OS. The van der Waals surface area contributed by atoms with E-state index in [1.54, 1.807) is 16.2 Å². The Morgan fingerprint density at radius 3 is 2.68 bits per heavy atom. The van der Waals surface area contributed by atoms with Crippen molar-refractivity contribution >= 4 is 33.3 Å². The number of anilines is 1. The molecule has 154 valence electrons. The average Bonchev–Trinajstić information content (AvgIpc) is 3.10. The van der Waals surface area contributed by atoms with Crippen molar-refractivity contribution in [1.82, 2.24) is 19.7 Å². The van der Waals surface area contributed by atoms with Crippen LogP contribution in [0.5, 0.6) is 0 Å². The molecule has 0 aliphatic carbocycles. The van der Waals surface area contributed by atoms with Gasteiger partial charge in [-0.1, -0.05) is 13.8 Å². The van der Waals surface area contributed by atoms with Gasteiger partial charge in [0, 0.05) is 37.8 Å². The number of amides is 2. The Labute approximate surface area is 172 Å². The first-order chi connectivity index (χ1) is 13.3. The molecule has 1 aliphatic heterocycles. The predicted octanol–water partition coefficient (Wildman–Crippen LogP) is 3.91. The highest BCUT2D eigenvalue weighted by atomic mass is 32.1. The van der Waals surface area contributed by atoms with Gasteiger partial charge in [-0.25, -0.2) is 9.78 Å². The average molecular weight is 404 g/mol. The molecule has 7 heteroatoms. The van der Waals surface area contributed by atoms with E-state index >= 15 is 0 Å². The third-order valence-corrected chi connectivity index (χ3v) is 6.92. The Morgan fingerprint density at radius 2 is 2.00 bits per heavy atom. The van der Waals surface area contributed by atoms with Crippen LogP contribution in [-0.2, 0) is 0 Å². The number of hydrogen-bond donors (Lipinski definition) is 1. The zero-order valence-corrected chi connectivity index (χ0v) is 18.6. The van der Waals surface area contributed by atoms with E-state index in [-0.39, 0.29) is 6.03 Å². The Kier molecular flexibility index (Phi) is 6.91. The number of hydrogen-bond acceptors (Lipinski definition) is 5. The normalized spacial score (nSPS) is 16.2. The van der Waals surface area contributed by atoms with Gasteiger partial charge in [0.15, 0.2) is 0 Å². The van der Waals surface area contributed by atoms with E-state index in [9.17, 15) is 4.79 Å². The van der Waals surface area contributed by atoms with Gasteiger partial charge in [-0.2, -0.15) is 0 Å². The predicted molar refractivity (Wildman–Crippen MR) is 119 cm³/mol. The van der Waals surface area contributed by atoms with Crippen LogP contribution < -0.4 is 5.32 Å². The number of fused-ring (bicyclic) bond motifs is 1. The fourth-order valence-electron chi connectivity index (χ4n) is 3.51. The largest absolute Gasteiger partial charge is 0.326 e. The summed E-state index contributed by atoms with van der Waals surface area (Å²) in [7, 11) is 6.22. The van der Waals surface area contributed by atoms with Crippen LogP contribution in [0.25, 0.3) is 10.2 Å². The lowest BCUT2D eigenvalue weighted by Crippen LogP contribution is -2.45. The topological polar surface area (TPSA) is 51.7 Å². The van der Waals surface area contributed by atoms with Crippen LogP contribution in [0, 0.1) is 0 Å². The Bertz CT molecular complexity index is 797. The molecule has 3 rings (SSSR count). The first-order valence-corrected chi connectivity index (χ1v) is 11.0. The molecule has 1 N–H and O–H groups in total. The van der Waals surface area contributed by atoms with Crippen molar-refractivity contribution in [3.63, 3.8) is 0 Å². The molecule has 0 unspecified atom stereocenters. The van der Waals surface area contributed by atoms with Crippen LogP contribution in [0.1, 0.15) is 37.6 Å². The van der Waals surface area contributed by atoms with Gasteiger partial charge in [-0.15, -0.1) is 11.3 Å². The van der Waals surface area contributed by atoms with Crippen LogP contribution in [0.15, 0.2) is 18.2 Å². The number of carbonyl (C=O) groups is 1. The van der Waals surface area contributed by atoms with Crippen molar-refractivity contribution in [3.05, 3.63) is 23.2 Å². The number of urea groups is 1. The second-order valence-corrected chi connectivity index (χ2v) is 9.32. The summed E-state index contributed by atoms with van der Waals surface area (Å²) in [6.07, 6.45) is 2.41. The first kappa shape index (κ1) is 21.0. The van der Waals surface area contributed by atoms with E-state index < -0.39 is 0 Å². The monoisotopic (exact) mass is 403 g/mol. The maximum absolute atomic E-state index is 12.6. The van der Waals surface area contributed by atoms with Gasteiger partial charge in [0.2, 0.25) is 0 Å². The molecule has 2 heterocycles. The van der Waals surface area contributed by atoms with E-state index in [0.29, 0.717) is 12.0 Å². The van der Waals surface area contributed by atoms with Crippen LogP contribution in [0.2, 0.25) is 0 Å². The Hall–Kier alpha value is -1.70. The molecular weight excluding hydrogens is 370 g/mol. The molecule has 1 fully saturated rings. The second-order valence-electron chi connectivity index (χ2n) is 8.26. The molecule has 0 atom stereocenters. The molecule has 6 nitrogen and oxygen atoms in total. The molecule has 0 saturated carbocycles. The Morgan fingerprint density at radius 1 is 1.29 bits per heavy atom. The number of piperidine rings is 1. The van der Waals surface area contributed by atoms with Gasteiger partial charge in [-0.05, 0) is 58.2 Å². The smallest absolute Gasteiger partial charge is 0.321 e. The number of likely N-dealkylation sites (tertiary alicyclic amines) is 1. The molecule has 1 aromatic heterocycles. The van der Waals surface area contributed by atoms with Crippen LogP contribution >= 0.6 is 11.3 Å². The van der Waals surface area contributed by atoms with Crippen molar-refractivity contribution < 1.29 is 4.79 Å². The second kappa shape index (κ2) is 9.20. The van der Waals surface area contributed by atoms with E-state index in [2.05, 4.69) is 48.0 Å². The standard InChI is InChI=1S/C21H33N5OS/c1-15(2)20-23-18-7-6-16(14-19(18)28-20)22-21(27)26(5)13-12-25(4)17-8-10-24(3)11-9-17/h6-7,14-15,17H,8-13H2,1-5H3,(H,22,27). The number of nitrogens with zero attached hydrogens (tertiary/aromatic N) is 4. The highest BCUT2D eigenvalue weighted by Gasteiger charge is 2.21. The van der Waals surface area contributed by atoms with Gasteiger partial charge in [-0.3, -0.25) is 0 Å². The SMILES string of the molecule is CC(C)c1nc2ccc(NC(=O)N(C)CCN(C)C3CCN(C)CC3)cc2s1. The molecule has 0 bridgehead atoms. The summed E-state index contributed by atoms with van der Waals surface area (Å²) in [5.41, 5.74) is 1.83. The first-order valence-electron chi connectivity index (χ1n) is 10.1.